The molecule has 0 saturated carbocycles. The van der Waals surface area contributed by atoms with Crippen molar-refractivity contribution in [3.05, 3.63) is 83.7 Å². The molecule has 2 heterocycles. The standard InChI is InChI=1S/C22H23N5O2/c1-14(29-12-21-23-8-9-24-21)16-4-3-5-17(10-16)22(27-15(2)28)18-6-7-19-20(11-18)26-13-25-19/h3-11,13-14,22H,12H2,1-2H3,(H,23,24)(H,25,26)(H,27,28). The molecule has 4 aromatic rings. The molecule has 2 unspecified atom stereocenters. The number of imidazole rings is 2. The number of rotatable bonds is 7. The number of benzene rings is 2. The number of nitrogens with one attached hydrogen (secondary N) is 3. The summed E-state index contributed by atoms with van der Waals surface area (Å²) in [7, 11) is 0. The second-order valence-corrected chi connectivity index (χ2v) is 6.97. The van der Waals surface area contributed by atoms with Gasteiger partial charge >= 0.3 is 0 Å². The van der Waals surface area contributed by atoms with Gasteiger partial charge in [0.2, 0.25) is 5.91 Å². The predicted molar refractivity (Wildman–Crippen MR) is 110 cm³/mol. The Balaban J connectivity index is 1.60. The van der Waals surface area contributed by atoms with Crippen molar-refractivity contribution in [2.45, 2.75) is 32.6 Å². The molecule has 7 heteroatoms. The van der Waals surface area contributed by atoms with E-state index in [2.05, 4.69) is 31.3 Å². The van der Waals surface area contributed by atoms with Crippen LogP contribution in [0.25, 0.3) is 11.0 Å². The van der Waals surface area contributed by atoms with Gasteiger partial charge in [0.15, 0.2) is 0 Å². The van der Waals surface area contributed by atoms with Crippen LogP contribution in [0.1, 0.15) is 48.5 Å². The van der Waals surface area contributed by atoms with Gasteiger partial charge in [0.25, 0.3) is 0 Å². The molecule has 0 fully saturated rings. The minimum Gasteiger partial charge on any atom is -0.366 e. The molecular weight excluding hydrogens is 366 g/mol. The van der Waals surface area contributed by atoms with E-state index < -0.39 is 0 Å². The number of H-pyrrole nitrogens is 2. The molecule has 4 rings (SSSR count). The van der Waals surface area contributed by atoms with Gasteiger partial charge in [0.05, 0.1) is 29.5 Å². The minimum absolute atomic E-state index is 0.0905. The predicted octanol–water partition coefficient (Wildman–Crippen LogP) is 3.79. The summed E-state index contributed by atoms with van der Waals surface area (Å²) in [6.45, 7) is 3.94. The first-order chi connectivity index (χ1) is 14.1. The zero-order valence-electron chi connectivity index (χ0n) is 16.3. The van der Waals surface area contributed by atoms with Crippen molar-refractivity contribution in [3.63, 3.8) is 0 Å². The quantitative estimate of drug-likeness (QED) is 0.448. The summed E-state index contributed by atoms with van der Waals surface area (Å²) in [6, 6.07) is 13.8. The second kappa shape index (κ2) is 8.28. The van der Waals surface area contributed by atoms with Crippen molar-refractivity contribution in [2.75, 3.05) is 0 Å². The van der Waals surface area contributed by atoms with Crippen LogP contribution in [0.15, 0.2) is 61.2 Å². The fraction of sp³-hybridized carbons (Fsp3) is 0.227. The third kappa shape index (κ3) is 4.35. The molecule has 2 aromatic carbocycles. The van der Waals surface area contributed by atoms with Crippen molar-refractivity contribution in [2.24, 2.45) is 0 Å². The Morgan fingerprint density at radius 2 is 1.93 bits per heavy atom. The second-order valence-electron chi connectivity index (χ2n) is 6.97. The fourth-order valence-electron chi connectivity index (χ4n) is 3.36. The Hall–Kier alpha value is -3.45. The maximum atomic E-state index is 11.9. The van der Waals surface area contributed by atoms with Gasteiger partial charge in [-0.1, -0.05) is 30.3 Å². The van der Waals surface area contributed by atoms with Gasteiger partial charge in [-0.05, 0) is 35.7 Å². The Labute approximate surface area is 168 Å². The summed E-state index contributed by atoms with van der Waals surface area (Å²) in [5.74, 6) is 0.698. The average molecular weight is 389 g/mol. The van der Waals surface area contributed by atoms with Crippen LogP contribution in [0, 0.1) is 0 Å². The highest BCUT2D eigenvalue weighted by molar-refractivity contribution is 5.77. The lowest BCUT2D eigenvalue weighted by Gasteiger charge is -2.21. The fourth-order valence-corrected chi connectivity index (χ4v) is 3.36. The largest absolute Gasteiger partial charge is 0.366 e. The Bertz CT molecular complexity index is 1100. The lowest BCUT2D eigenvalue weighted by Crippen LogP contribution is -2.27. The molecular formula is C22H23N5O2. The summed E-state index contributed by atoms with van der Waals surface area (Å²) in [5.41, 5.74) is 4.84. The van der Waals surface area contributed by atoms with E-state index in [0.29, 0.717) is 6.61 Å². The third-order valence-corrected chi connectivity index (χ3v) is 4.86. The lowest BCUT2D eigenvalue weighted by molar-refractivity contribution is -0.119. The van der Waals surface area contributed by atoms with Gasteiger partial charge < -0.3 is 20.0 Å². The topological polar surface area (TPSA) is 95.7 Å². The number of ether oxygens (including phenoxy) is 1. The highest BCUT2D eigenvalue weighted by atomic mass is 16.5. The summed E-state index contributed by atoms with van der Waals surface area (Å²) in [6.07, 6.45) is 5.03. The molecule has 7 nitrogen and oxygen atoms in total. The highest BCUT2D eigenvalue weighted by Gasteiger charge is 2.18. The van der Waals surface area contributed by atoms with Crippen LogP contribution in [0.5, 0.6) is 0 Å². The molecule has 3 N–H and O–H groups in total. The molecule has 0 aliphatic rings. The van der Waals surface area contributed by atoms with E-state index >= 15 is 0 Å². The van der Waals surface area contributed by atoms with Gasteiger partial charge in [-0.3, -0.25) is 4.79 Å². The number of hydrogen-bond donors (Lipinski definition) is 3. The molecule has 148 valence electrons. The molecule has 0 radical (unpaired) electrons. The molecule has 1 amide bonds. The number of amides is 1. The first-order valence-electron chi connectivity index (χ1n) is 9.50. The normalized spacial score (nSPS) is 13.3. The average Bonchev–Trinajstić information content (AvgIpc) is 3.41. The van der Waals surface area contributed by atoms with E-state index in [1.54, 1.807) is 18.7 Å². The smallest absolute Gasteiger partial charge is 0.217 e. The van der Waals surface area contributed by atoms with Crippen LogP contribution in [-0.4, -0.2) is 25.8 Å². The molecule has 0 saturated heterocycles. The number of fused-ring (bicyclic) bond motifs is 1. The summed E-state index contributed by atoms with van der Waals surface area (Å²) >= 11 is 0. The van der Waals surface area contributed by atoms with E-state index in [1.807, 2.05) is 43.3 Å². The van der Waals surface area contributed by atoms with Gasteiger partial charge in [-0.15, -0.1) is 0 Å². The molecule has 0 spiro atoms. The zero-order chi connectivity index (χ0) is 20.2. The maximum absolute atomic E-state index is 11.9. The van der Waals surface area contributed by atoms with Crippen molar-refractivity contribution >= 4 is 16.9 Å². The van der Waals surface area contributed by atoms with Crippen LogP contribution in [-0.2, 0) is 16.1 Å². The molecule has 2 aromatic heterocycles. The number of carbonyl (C=O) groups is 1. The zero-order valence-corrected chi connectivity index (χ0v) is 16.3. The Morgan fingerprint density at radius 1 is 1.10 bits per heavy atom. The number of hydrogen-bond acceptors (Lipinski definition) is 4. The van der Waals surface area contributed by atoms with E-state index in [-0.39, 0.29) is 18.1 Å². The third-order valence-electron chi connectivity index (χ3n) is 4.86. The van der Waals surface area contributed by atoms with E-state index in [9.17, 15) is 4.79 Å². The lowest BCUT2D eigenvalue weighted by atomic mass is 9.95. The van der Waals surface area contributed by atoms with Crippen molar-refractivity contribution in [1.29, 1.82) is 0 Å². The number of aromatic nitrogens is 4. The summed E-state index contributed by atoms with van der Waals surface area (Å²) in [5, 5.41) is 3.06. The van der Waals surface area contributed by atoms with E-state index in [4.69, 9.17) is 4.74 Å². The number of carbonyl (C=O) groups excluding carboxylic acids is 1. The molecule has 2 atom stereocenters. The van der Waals surface area contributed by atoms with Gasteiger partial charge in [-0.2, -0.15) is 0 Å². The first kappa shape index (κ1) is 18.9. The van der Waals surface area contributed by atoms with Crippen LogP contribution >= 0.6 is 0 Å². The van der Waals surface area contributed by atoms with Crippen LogP contribution in [0.4, 0.5) is 0 Å². The molecule has 29 heavy (non-hydrogen) atoms. The monoisotopic (exact) mass is 389 g/mol. The van der Waals surface area contributed by atoms with Crippen molar-refractivity contribution in [3.8, 4) is 0 Å². The summed E-state index contributed by atoms with van der Waals surface area (Å²) in [4.78, 5) is 26.5. The minimum atomic E-state index is -0.266. The number of nitrogens with zero attached hydrogens (tertiary/aromatic N) is 2. The number of aromatic amines is 2. The Morgan fingerprint density at radius 3 is 2.72 bits per heavy atom. The Kier molecular flexibility index (Phi) is 5.39. The van der Waals surface area contributed by atoms with Gasteiger partial charge in [0.1, 0.15) is 12.4 Å². The van der Waals surface area contributed by atoms with Crippen LogP contribution in [0.3, 0.4) is 0 Å². The first-order valence-corrected chi connectivity index (χ1v) is 9.50. The van der Waals surface area contributed by atoms with Crippen LogP contribution in [0.2, 0.25) is 0 Å². The summed E-state index contributed by atoms with van der Waals surface area (Å²) < 4.78 is 5.95. The van der Waals surface area contributed by atoms with Gasteiger partial charge in [-0.25, -0.2) is 9.97 Å². The van der Waals surface area contributed by atoms with Crippen molar-refractivity contribution in [1.82, 2.24) is 25.3 Å². The molecule has 0 bridgehead atoms. The van der Waals surface area contributed by atoms with Crippen molar-refractivity contribution < 1.29 is 9.53 Å². The van der Waals surface area contributed by atoms with E-state index in [1.165, 1.54) is 6.92 Å². The van der Waals surface area contributed by atoms with E-state index in [0.717, 1.165) is 33.5 Å². The SMILES string of the molecule is CC(=O)NC(c1cccc(C(C)OCc2ncc[nH]2)c1)c1ccc2nc[nH]c2c1. The molecule has 0 aliphatic heterocycles. The van der Waals surface area contributed by atoms with Gasteiger partial charge in [0, 0.05) is 19.3 Å². The maximum Gasteiger partial charge on any atom is 0.217 e. The highest BCUT2D eigenvalue weighted by Crippen LogP contribution is 2.28. The van der Waals surface area contributed by atoms with Crippen LogP contribution < -0.4 is 5.32 Å². The molecule has 0 aliphatic carbocycles.